The summed E-state index contributed by atoms with van der Waals surface area (Å²) >= 11 is 0. The van der Waals surface area contributed by atoms with Crippen LogP contribution < -0.4 is 9.47 Å². The highest BCUT2D eigenvalue weighted by Crippen LogP contribution is 2.43. The average Bonchev–Trinajstić information content (AvgIpc) is 2.83. The standard InChI is InChI=1S/C26H30N2O3/c1-3-17-16-28-12-11-18(17)13-24(28)26(29)22-15-25(31-19-7-5-4-6-8-19)27-23-10-9-20(30-2)14-21(22)23/h4-10,14-15,17-18,24,26,29H,3,11-13,16H2,1-2H3/t17-,18-,24-,26+/m0/s1. The summed E-state index contributed by atoms with van der Waals surface area (Å²) in [6.45, 7) is 4.44. The van der Waals surface area contributed by atoms with Crippen LogP contribution in [0.15, 0.2) is 54.6 Å². The quantitative estimate of drug-likeness (QED) is 0.597. The molecule has 3 aliphatic rings. The number of hydrogen-bond donors (Lipinski definition) is 1. The van der Waals surface area contributed by atoms with Crippen LogP contribution in [0.25, 0.3) is 10.9 Å². The third-order valence-corrected chi connectivity index (χ3v) is 7.13. The van der Waals surface area contributed by atoms with Crippen molar-refractivity contribution < 1.29 is 14.6 Å². The molecule has 2 aromatic carbocycles. The van der Waals surface area contributed by atoms with Gasteiger partial charge in [0.15, 0.2) is 0 Å². The number of fused-ring (bicyclic) bond motifs is 4. The Kier molecular flexibility index (Phi) is 5.55. The average molecular weight is 419 g/mol. The number of aliphatic hydroxyl groups is 1. The number of ether oxygens (including phenoxy) is 2. The van der Waals surface area contributed by atoms with Gasteiger partial charge in [-0.1, -0.05) is 31.5 Å². The fourth-order valence-electron chi connectivity index (χ4n) is 5.42. The molecule has 0 aliphatic carbocycles. The highest BCUT2D eigenvalue weighted by Gasteiger charge is 2.42. The van der Waals surface area contributed by atoms with Gasteiger partial charge < -0.3 is 14.6 Å². The van der Waals surface area contributed by atoms with E-state index >= 15 is 0 Å². The fourth-order valence-corrected chi connectivity index (χ4v) is 5.42. The molecule has 5 nitrogen and oxygen atoms in total. The zero-order valence-electron chi connectivity index (χ0n) is 18.2. The Bertz CT molecular complexity index is 1060. The van der Waals surface area contributed by atoms with Crippen molar-refractivity contribution in [2.24, 2.45) is 11.8 Å². The maximum Gasteiger partial charge on any atom is 0.220 e. The summed E-state index contributed by atoms with van der Waals surface area (Å²) in [6.07, 6.45) is 2.91. The van der Waals surface area contributed by atoms with E-state index in [2.05, 4.69) is 11.8 Å². The largest absolute Gasteiger partial charge is 0.497 e. The van der Waals surface area contributed by atoms with E-state index in [1.807, 2.05) is 54.6 Å². The summed E-state index contributed by atoms with van der Waals surface area (Å²) in [5.41, 5.74) is 1.66. The van der Waals surface area contributed by atoms with Crippen LogP contribution in [0, 0.1) is 11.8 Å². The smallest absolute Gasteiger partial charge is 0.220 e. The zero-order chi connectivity index (χ0) is 21.4. The van der Waals surface area contributed by atoms with Crippen LogP contribution in [0.2, 0.25) is 0 Å². The van der Waals surface area contributed by atoms with Crippen molar-refractivity contribution in [1.82, 2.24) is 9.88 Å². The molecule has 3 aromatic rings. The lowest BCUT2D eigenvalue weighted by atomic mass is 9.72. The molecule has 31 heavy (non-hydrogen) atoms. The highest BCUT2D eigenvalue weighted by molar-refractivity contribution is 5.85. The number of rotatable bonds is 6. The molecule has 1 N–H and O–H groups in total. The Labute approximate surface area is 183 Å². The van der Waals surface area contributed by atoms with E-state index in [9.17, 15) is 5.11 Å². The third-order valence-electron chi connectivity index (χ3n) is 7.13. The maximum absolute atomic E-state index is 11.6. The first-order valence-corrected chi connectivity index (χ1v) is 11.3. The van der Waals surface area contributed by atoms with Crippen molar-refractivity contribution in [3.63, 3.8) is 0 Å². The third kappa shape index (κ3) is 3.88. The second kappa shape index (κ2) is 8.48. The van der Waals surface area contributed by atoms with Gasteiger partial charge in [-0.15, -0.1) is 0 Å². The Morgan fingerprint density at radius 2 is 1.97 bits per heavy atom. The SMILES string of the molecule is CC[C@H]1CN2CC[C@H]1C[C@H]2[C@H](O)c1cc(Oc2ccccc2)nc2ccc(OC)cc12. The minimum atomic E-state index is -0.601. The Morgan fingerprint density at radius 1 is 1.13 bits per heavy atom. The monoisotopic (exact) mass is 418 g/mol. The van der Waals surface area contributed by atoms with Gasteiger partial charge >= 0.3 is 0 Å². The molecule has 1 aromatic heterocycles. The number of piperidine rings is 3. The number of aromatic nitrogens is 1. The predicted octanol–water partition coefficient (Wildman–Crippen LogP) is 5.19. The van der Waals surface area contributed by atoms with Crippen LogP contribution in [-0.4, -0.2) is 41.2 Å². The van der Waals surface area contributed by atoms with Crippen molar-refractivity contribution in [3.05, 3.63) is 60.2 Å². The van der Waals surface area contributed by atoms with Gasteiger partial charge in [0, 0.05) is 24.0 Å². The van der Waals surface area contributed by atoms with E-state index in [4.69, 9.17) is 14.5 Å². The number of benzene rings is 2. The van der Waals surface area contributed by atoms with Gasteiger partial charge in [-0.3, -0.25) is 4.90 Å². The molecule has 3 saturated heterocycles. The molecule has 5 heteroatoms. The molecule has 6 rings (SSSR count). The van der Waals surface area contributed by atoms with E-state index in [-0.39, 0.29) is 6.04 Å². The van der Waals surface area contributed by atoms with Crippen LogP contribution in [0.5, 0.6) is 17.4 Å². The topological polar surface area (TPSA) is 54.8 Å². The number of nitrogens with zero attached hydrogens (tertiary/aromatic N) is 2. The summed E-state index contributed by atoms with van der Waals surface area (Å²) in [5, 5.41) is 12.5. The maximum atomic E-state index is 11.6. The van der Waals surface area contributed by atoms with E-state index in [1.54, 1.807) is 7.11 Å². The normalized spacial score (nSPS) is 26.0. The Balaban J connectivity index is 1.54. The molecule has 2 bridgehead atoms. The molecule has 162 valence electrons. The molecule has 5 atom stereocenters. The molecular formula is C26H30N2O3. The van der Waals surface area contributed by atoms with Crippen molar-refractivity contribution >= 4 is 10.9 Å². The molecule has 3 fully saturated rings. The molecule has 0 radical (unpaired) electrons. The van der Waals surface area contributed by atoms with Crippen molar-refractivity contribution in [2.45, 2.75) is 38.3 Å². The van der Waals surface area contributed by atoms with Crippen molar-refractivity contribution in [1.29, 1.82) is 0 Å². The lowest BCUT2D eigenvalue weighted by Gasteiger charge is -2.51. The van der Waals surface area contributed by atoms with Crippen molar-refractivity contribution in [2.75, 3.05) is 20.2 Å². The highest BCUT2D eigenvalue weighted by atomic mass is 16.5. The summed E-state index contributed by atoms with van der Waals surface area (Å²) in [5.74, 6) is 3.45. The van der Waals surface area contributed by atoms with Gasteiger partial charge in [-0.25, -0.2) is 4.98 Å². The molecule has 0 amide bonds. The van der Waals surface area contributed by atoms with E-state index in [0.29, 0.717) is 11.8 Å². The molecule has 4 heterocycles. The summed E-state index contributed by atoms with van der Waals surface area (Å²) in [4.78, 5) is 7.19. The first kappa shape index (κ1) is 20.3. The lowest BCUT2D eigenvalue weighted by molar-refractivity contribution is -0.0562. The number of pyridine rings is 1. The number of hydrogen-bond acceptors (Lipinski definition) is 5. The van der Waals surface area contributed by atoms with Gasteiger partial charge in [0.05, 0.1) is 18.7 Å². The lowest BCUT2D eigenvalue weighted by Crippen LogP contribution is -2.55. The zero-order valence-corrected chi connectivity index (χ0v) is 18.2. The summed E-state index contributed by atoms with van der Waals surface area (Å²) in [6, 6.07) is 17.5. The minimum Gasteiger partial charge on any atom is -0.497 e. The Hall–Kier alpha value is -2.63. The van der Waals surface area contributed by atoms with Gasteiger partial charge in [0.1, 0.15) is 11.5 Å². The van der Waals surface area contributed by atoms with E-state index in [1.165, 1.54) is 12.8 Å². The molecule has 3 aliphatic heterocycles. The van der Waals surface area contributed by atoms with Gasteiger partial charge in [0.25, 0.3) is 0 Å². The summed E-state index contributed by atoms with van der Waals surface area (Å²) in [7, 11) is 1.66. The predicted molar refractivity (Wildman–Crippen MR) is 122 cm³/mol. The first-order chi connectivity index (χ1) is 15.2. The van der Waals surface area contributed by atoms with Gasteiger partial charge in [-0.05, 0) is 67.1 Å². The van der Waals surface area contributed by atoms with Crippen LogP contribution in [0.1, 0.15) is 37.9 Å². The van der Waals surface area contributed by atoms with E-state index in [0.717, 1.165) is 53.4 Å². The second-order valence-electron chi connectivity index (χ2n) is 8.81. The summed E-state index contributed by atoms with van der Waals surface area (Å²) < 4.78 is 11.5. The van der Waals surface area contributed by atoms with Crippen LogP contribution in [0.4, 0.5) is 0 Å². The fraction of sp³-hybridized carbons (Fsp3) is 0.423. The van der Waals surface area contributed by atoms with Crippen LogP contribution >= 0.6 is 0 Å². The molecular weight excluding hydrogens is 388 g/mol. The van der Waals surface area contributed by atoms with Gasteiger partial charge in [-0.2, -0.15) is 0 Å². The van der Waals surface area contributed by atoms with E-state index < -0.39 is 6.10 Å². The molecule has 0 saturated carbocycles. The number of para-hydroxylation sites is 1. The molecule has 0 spiro atoms. The number of methoxy groups -OCH3 is 1. The second-order valence-corrected chi connectivity index (χ2v) is 8.81. The number of aliphatic hydroxyl groups excluding tert-OH is 1. The minimum absolute atomic E-state index is 0.128. The molecule has 1 unspecified atom stereocenters. The van der Waals surface area contributed by atoms with Crippen LogP contribution in [-0.2, 0) is 0 Å². The van der Waals surface area contributed by atoms with Gasteiger partial charge in [0.2, 0.25) is 5.88 Å². The Morgan fingerprint density at radius 3 is 2.68 bits per heavy atom. The van der Waals surface area contributed by atoms with Crippen LogP contribution in [0.3, 0.4) is 0 Å². The van der Waals surface area contributed by atoms with Crippen molar-refractivity contribution in [3.8, 4) is 17.4 Å². The first-order valence-electron chi connectivity index (χ1n) is 11.3.